The summed E-state index contributed by atoms with van der Waals surface area (Å²) in [4.78, 5) is 0. The number of aliphatic hydroxyl groups is 1. The summed E-state index contributed by atoms with van der Waals surface area (Å²) < 4.78 is 24.4. The van der Waals surface area contributed by atoms with E-state index >= 15 is 0 Å². The van der Waals surface area contributed by atoms with Crippen molar-refractivity contribution >= 4 is 0 Å². The van der Waals surface area contributed by atoms with Crippen LogP contribution in [0.5, 0.6) is 0 Å². The predicted molar refractivity (Wildman–Crippen MR) is 49.3 cm³/mol. The quantitative estimate of drug-likeness (QED) is 0.791. The smallest absolute Gasteiger partial charge is 0.263 e. The highest BCUT2D eigenvalue weighted by molar-refractivity contribution is 5.29. The lowest BCUT2D eigenvalue weighted by Crippen LogP contribution is -1.90. The Balaban J connectivity index is 2.08. The Morgan fingerprint density at radius 2 is 1.93 bits per heavy atom. The molecule has 2 atom stereocenters. The first-order valence-corrected chi connectivity index (χ1v) is 4.71. The third kappa shape index (κ3) is 1.77. The van der Waals surface area contributed by atoms with E-state index < -0.39 is 6.43 Å². The van der Waals surface area contributed by atoms with E-state index in [9.17, 15) is 8.78 Å². The minimum Gasteiger partial charge on any atom is -0.396 e. The van der Waals surface area contributed by atoms with Crippen LogP contribution >= 0.6 is 0 Å². The zero-order valence-electron chi connectivity index (χ0n) is 7.66. The summed E-state index contributed by atoms with van der Waals surface area (Å²) in [6.45, 7) is 0.196. The van der Waals surface area contributed by atoms with Gasteiger partial charge >= 0.3 is 0 Å². The third-order valence-electron chi connectivity index (χ3n) is 2.77. The predicted octanol–water partition coefficient (Wildman–Crippen LogP) is 2.72. The second kappa shape index (κ2) is 3.65. The van der Waals surface area contributed by atoms with E-state index in [-0.39, 0.29) is 12.2 Å². The number of rotatable bonds is 3. The van der Waals surface area contributed by atoms with Gasteiger partial charge < -0.3 is 5.11 Å². The van der Waals surface area contributed by atoms with E-state index in [0.717, 1.165) is 12.0 Å². The lowest BCUT2D eigenvalue weighted by Gasteiger charge is -2.02. The van der Waals surface area contributed by atoms with Gasteiger partial charge in [-0.1, -0.05) is 24.3 Å². The van der Waals surface area contributed by atoms with Crippen LogP contribution in [0.2, 0.25) is 0 Å². The highest BCUT2D eigenvalue weighted by Gasteiger charge is 2.37. The summed E-state index contributed by atoms with van der Waals surface area (Å²) in [7, 11) is 0. The Hall–Kier alpha value is -0.960. The van der Waals surface area contributed by atoms with Crippen LogP contribution in [0.1, 0.15) is 29.9 Å². The Morgan fingerprint density at radius 1 is 1.29 bits per heavy atom. The first kappa shape index (κ1) is 9.59. The van der Waals surface area contributed by atoms with Crippen LogP contribution in [0.3, 0.4) is 0 Å². The van der Waals surface area contributed by atoms with Crippen LogP contribution < -0.4 is 0 Å². The molecule has 3 heteroatoms. The largest absolute Gasteiger partial charge is 0.396 e. The Kier molecular flexibility index (Phi) is 2.50. The zero-order valence-corrected chi connectivity index (χ0v) is 7.66. The van der Waals surface area contributed by atoms with Gasteiger partial charge in [0.25, 0.3) is 6.43 Å². The lowest BCUT2D eigenvalue weighted by atomic mass is 10.1. The van der Waals surface area contributed by atoms with Gasteiger partial charge in [-0.05, 0) is 23.8 Å². The zero-order chi connectivity index (χ0) is 10.1. The van der Waals surface area contributed by atoms with Gasteiger partial charge in [0.1, 0.15) is 0 Å². The van der Waals surface area contributed by atoms with Gasteiger partial charge in [-0.3, -0.25) is 0 Å². The monoisotopic (exact) mass is 198 g/mol. The average Bonchev–Trinajstić information content (AvgIpc) is 2.97. The SMILES string of the molecule is OCC1CC1c1ccc(C(F)F)cc1. The van der Waals surface area contributed by atoms with Gasteiger partial charge in [0.05, 0.1) is 0 Å². The molecule has 14 heavy (non-hydrogen) atoms. The van der Waals surface area contributed by atoms with Crippen LogP contribution in [0.4, 0.5) is 8.78 Å². The van der Waals surface area contributed by atoms with Crippen molar-refractivity contribution in [2.24, 2.45) is 5.92 Å². The maximum atomic E-state index is 12.2. The molecule has 1 aromatic carbocycles. The normalized spacial score (nSPS) is 25.4. The number of hydrogen-bond donors (Lipinski definition) is 1. The summed E-state index contributed by atoms with van der Waals surface area (Å²) >= 11 is 0. The van der Waals surface area contributed by atoms with Crippen molar-refractivity contribution in [1.82, 2.24) is 0 Å². The lowest BCUT2D eigenvalue weighted by molar-refractivity contribution is 0.151. The van der Waals surface area contributed by atoms with Crippen molar-refractivity contribution in [3.05, 3.63) is 35.4 Å². The molecule has 1 aliphatic carbocycles. The van der Waals surface area contributed by atoms with Gasteiger partial charge in [-0.15, -0.1) is 0 Å². The molecule has 0 amide bonds. The minimum absolute atomic E-state index is 0.0648. The number of aliphatic hydroxyl groups excluding tert-OH is 1. The van der Waals surface area contributed by atoms with Crippen molar-refractivity contribution in [1.29, 1.82) is 0 Å². The van der Waals surface area contributed by atoms with Crippen LogP contribution in [-0.2, 0) is 0 Å². The highest BCUT2D eigenvalue weighted by atomic mass is 19.3. The van der Waals surface area contributed by atoms with Crippen molar-refractivity contribution < 1.29 is 13.9 Å². The molecule has 76 valence electrons. The fourth-order valence-electron chi connectivity index (χ4n) is 1.75. The van der Waals surface area contributed by atoms with Crippen LogP contribution in [-0.4, -0.2) is 11.7 Å². The van der Waals surface area contributed by atoms with Gasteiger partial charge in [-0.2, -0.15) is 0 Å². The van der Waals surface area contributed by atoms with Gasteiger partial charge in [-0.25, -0.2) is 8.78 Å². The van der Waals surface area contributed by atoms with E-state index in [0.29, 0.717) is 11.8 Å². The molecule has 1 aliphatic rings. The standard InChI is InChI=1S/C11H12F2O/c12-11(13)8-3-1-7(2-4-8)10-5-9(10)6-14/h1-4,9-11,14H,5-6H2. The highest BCUT2D eigenvalue weighted by Crippen LogP contribution is 2.47. The number of halogens is 2. The second-order valence-corrected chi connectivity index (χ2v) is 3.75. The van der Waals surface area contributed by atoms with Crippen molar-refractivity contribution in [2.75, 3.05) is 6.61 Å². The topological polar surface area (TPSA) is 20.2 Å². The van der Waals surface area contributed by atoms with Crippen molar-refractivity contribution in [2.45, 2.75) is 18.8 Å². The van der Waals surface area contributed by atoms with Crippen LogP contribution in [0.15, 0.2) is 24.3 Å². The van der Waals surface area contributed by atoms with Crippen molar-refractivity contribution in [3.63, 3.8) is 0 Å². The first-order valence-electron chi connectivity index (χ1n) is 4.71. The number of hydrogen-bond acceptors (Lipinski definition) is 1. The molecular formula is C11H12F2O. The fraction of sp³-hybridized carbons (Fsp3) is 0.455. The summed E-state index contributed by atoms with van der Waals surface area (Å²) in [6, 6.07) is 6.41. The summed E-state index contributed by atoms with van der Waals surface area (Å²) in [5.74, 6) is 0.721. The maximum absolute atomic E-state index is 12.2. The fourth-order valence-corrected chi connectivity index (χ4v) is 1.75. The van der Waals surface area contributed by atoms with E-state index in [4.69, 9.17) is 5.11 Å². The first-order chi connectivity index (χ1) is 6.72. The molecule has 0 bridgehead atoms. The van der Waals surface area contributed by atoms with Gasteiger partial charge in [0.2, 0.25) is 0 Å². The van der Waals surface area contributed by atoms with E-state index in [1.807, 2.05) is 0 Å². The van der Waals surface area contributed by atoms with E-state index in [2.05, 4.69) is 0 Å². The van der Waals surface area contributed by atoms with Crippen LogP contribution in [0, 0.1) is 5.92 Å². The molecule has 0 aromatic heterocycles. The number of benzene rings is 1. The third-order valence-corrected chi connectivity index (χ3v) is 2.77. The Labute approximate surface area is 81.4 Å². The number of alkyl halides is 2. The Morgan fingerprint density at radius 3 is 2.36 bits per heavy atom. The van der Waals surface area contributed by atoms with Gasteiger partial charge in [0, 0.05) is 12.2 Å². The molecule has 1 fully saturated rings. The molecule has 0 spiro atoms. The van der Waals surface area contributed by atoms with E-state index in [1.54, 1.807) is 12.1 Å². The summed E-state index contributed by atoms with van der Waals surface area (Å²) in [6.07, 6.45) is -1.42. The molecule has 2 rings (SSSR count). The summed E-state index contributed by atoms with van der Waals surface area (Å²) in [5, 5.41) is 8.86. The molecule has 1 saturated carbocycles. The van der Waals surface area contributed by atoms with E-state index in [1.165, 1.54) is 12.1 Å². The van der Waals surface area contributed by atoms with Gasteiger partial charge in [0.15, 0.2) is 0 Å². The molecular weight excluding hydrogens is 186 g/mol. The Bertz CT molecular complexity index is 308. The minimum atomic E-state index is -2.39. The molecule has 0 saturated heterocycles. The van der Waals surface area contributed by atoms with Crippen molar-refractivity contribution in [3.8, 4) is 0 Å². The molecule has 1 nitrogen and oxygen atoms in total. The maximum Gasteiger partial charge on any atom is 0.263 e. The molecule has 0 heterocycles. The average molecular weight is 198 g/mol. The van der Waals surface area contributed by atoms with Crippen LogP contribution in [0.25, 0.3) is 0 Å². The summed E-state index contributed by atoms with van der Waals surface area (Å²) in [5.41, 5.74) is 1.13. The molecule has 1 N–H and O–H groups in total. The second-order valence-electron chi connectivity index (χ2n) is 3.75. The molecule has 1 aromatic rings. The molecule has 0 radical (unpaired) electrons. The molecule has 2 unspecified atom stereocenters. The molecule has 0 aliphatic heterocycles.